The van der Waals surface area contributed by atoms with Crippen LogP contribution in [0.3, 0.4) is 0 Å². The molecule has 0 amide bonds. The van der Waals surface area contributed by atoms with Crippen LogP contribution in [-0.4, -0.2) is 21.5 Å². The van der Waals surface area contributed by atoms with Crippen molar-refractivity contribution in [1.29, 1.82) is 0 Å². The van der Waals surface area contributed by atoms with E-state index in [0.29, 0.717) is 12.8 Å². The molecule has 1 aliphatic rings. The average molecular weight is 261 g/mol. The summed E-state index contributed by atoms with van der Waals surface area (Å²) >= 11 is 0. The normalized spacial score (nSPS) is 18.8. The molecule has 1 N–H and O–H groups in total. The number of Topliss-reactive ketones (excluding diaryl/α,β-unsaturated/α-hetero) is 1. The first kappa shape index (κ1) is 14.2. The zero-order valence-corrected chi connectivity index (χ0v) is 11.7. The van der Waals surface area contributed by atoms with E-state index in [-0.39, 0.29) is 12.2 Å². The standard InChI is InChI=1S/C16H23NO2/c1-2-13-7-8-14(17-12-13)11-15(18)16(19)9-5-3-4-6-10-16/h7-8,12,19H,2-6,9-11H2,1H3. The Morgan fingerprint density at radius 3 is 2.47 bits per heavy atom. The Hall–Kier alpha value is -1.22. The molecule has 1 fully saturated rings. The molecule has 0 aliphatic heterocycles. The molecule has 1 saturated carbocycles. The van der Waals surface area contributed by atoms with Crippen molar-refractivity contribution in [2.45, 2.75) is 63.9 Å². The van der Waals surface area contributed by atoms with Crippen LogP contribution in [0.2, 0.25) is 0 Å². The van der Waals surface area contributed by atoms with Gasteiger partial charge in [-0.3, -0.25) is 9.78 Å². The van der Waals surface area contributed by atoms with Gasteiger partial charge in [0.15, 0.2) is 5.78 Å². The van der Waals surface area contributed by atoms with Crippen LogP contribution in [-0.2, 0) is 17.6 Å². The van der Waals surface area contributed by atoms with Crippen LogP contribution in [0.1, 0.15) is 56.7 Å². The number of ketones is 1. The highest BCUT2D eigenvalue weighted by Gasteiger charge is 2.35. The fourth-order valence-corrected chi connectivity index (χ4v) is 2.69. The Morgan fingerprint density at radius 1 is 1.26 bits per heavy atom. The van der Waals surface area contributed by atoms with Gasteiger partial charge >= 0.3 is 0 Å². The van der Waals surface area contributed by atoms with E-state index in [2.05, 4.69) is 11.9 Å². The minimum absolute atomic E-state index is 0.0638. The third-order valence-electron chi connectivity index (χ3n) is 4.09. The number of rotatable bonds is 4. The number of aromatic nitrogens is 1. The molecule has 0 saturated heterocycles. The highest BCUT2D eigenvalue weighted by atomic mass is 16.3. The number of nitrogens with zero attached hydrogens (tertiary/aromatic N) is 1. The van der Waals surface area contributed by atoms with Crippen molar-refractivity contribution in [3.63, 3.8) is 0 Å². The van der Waals surface area contributed by atoms with Crippen molar-refractivity contribution >= 4 is 5.78 Å². The van der Waals surface area contributed by atoms with Crippen molar-refractivity contribution in [3.05, 3.63) is 29.6 Å². The fourth-order valence-electron chi connectivity index (χ4n) is 2.69. The second-order valence-electron chi connectivity index (χ2n) is 5.56. The van der Waals surface area contributed by atoms with Gasteiger partial charge in [0.1, 0.15) is 5.60 Å². The van der Waals surface area contributed by atoms with Crippen molar-refractivity contribution in [2.24, 2.45) is 0 Å². The maximum atomic E-state index is 12.3. The third-order valence-corrected chi connectivity index (χ3v) is 4.09. The van der Waals surface area contributed by atoms with E-state index in [9.17, 15) is 9.90 Å². The monoisotopic (exact) mass is 261 g/mol. The number of pyridine rings is 1. The minimum Gasteiger partial charge on any atom is -0.382 e. The van der Waals surface area contributed by atoms with E-state index < -0.39 is 5.60 Å². The number of aliphatic hydroxyl groups is 1. The molecule has 0 spiro atoms. The Morgan fingerprint density at radius 2 is 1.95 bits per heavy atom. The van der Waals surface area contributed by atoms with Crippen LogP contribution >= 0.6 is 0 Å². The lowest BCUT2D eigenvalue weighted by Gasteiger charge is -2.24. The lowest BCUT2D eigenvalue weighted by molar-refractivity contribution is -0.138. The van der Waals surface area contributed by atoms with Crippen LogP contribution < -0.4 is 0 Å². The first-order valence-corrected chi connectivity index (χ1v) is 7.33. The predicted octanol–water partition coefficient (Wildman–Crippen LogP) is 2.84. The summed E-state index contributed by atoms with van der Waals surface area (Å²) in [6.07, 6.45) is 8.39. The van der Waals surface area contributed by atoms with E-state index in [0.717, 1.165) is 37.8 Å². The first-order valence-electron chi connectivity index (χ1n) is 7.33. The summed E-state index contributed by atoms with van der Waals surface area (Å²) in [7, 11) is 0. The molecule has 3 nitrogen and oxygen atoms in total. The molecule has 1 aromatic heterocycles. The lowest BCUT2D eigenvalue weighted by atomic mass is 9.87. The van der Waals surface area contributed by atoms with E-state index in [1.54, 1.807) is 0 Å². The summed E-state index contributed by atoms with van der Waals surface area (Å²) in [4.78, 5) is 16.6. The van der Waals surface area contributed by atoms with Crippen molar-refractivity contribution in [2.75, 3.05) is 0 Å². The molecule has 1 aromatic rings. The molecule has 19 heavy (non-hydrogen) atoms. The van der Waals surface area contributed by atoms with Gasteiger partial charge in [-0.1, -0.05) is 38.7 Å². The lowest BCUT2D eigenvalue weighted by Crippen LogP contribution is -2.39. The van der Waals surface area contributed by atoms with Gasteiger partial charge in [0.25, 0.3) is 0 Å². The molecule has 104 valence electrons. The topological polar surface area (TPSA) is 50.2 Å². The second kappa shape index (κ2) is 6.29. The molecule has 2 rings (SSSR count). The Balaban J connectivity index is 2.02. The molecule has 0 radical (unpaired) electrons. The minimum atomic E-state index is -1.11. The quantitative estimate of drug-likeness (QED) is 0.848. The Kier molecular flexibility index (Phi) is 4.70. The average Bonchev–Trinajstić information content (AvgIpc) is 2.65. The SMILES string of the molecule is CCc1ccc(CC(=O)C2(O)CCCCCC2)nc1. The Bertz CT molecular complexity index is 417. The van der Waals surface area contributed by atoms with Gasteiger partial charge in [-0.2, -0.15) is 0 Å². The van der Waals surface area contributed by atoms with E-state index >= 15 is 0 Å². The van der Waals surface area contributed by atoms with Gasteiger partial charge in [0, 0.05) is 11.9 Å². The zero-order valence-electron chi connectivity index (χ0n) is 11.7. The van der Waals surface area contributed by atoms with E-state index in [1.807, 2.05) is 18.3 Å². The van der Waals surface area contributed by atoms with E-state index in [1.165, 1.54) is 5.56 Å². The molecule has 0 unspecified atom stereocenters. The molecule has 3 heteroatoms. The number of hydrogen-bond donors (Lipinski definition) is 1. The summed E-state index contributed by atoms with van der Waals surface area (Å²) in [5.41, 5.74) is 0.825. The summed E-state index contributed by atoms with van der Waals surface area (Å²) in [6, 6.07) is 3.91. The molecular weight excluding hydrogens is 238 g/mol. The van der Waals surface area contributed by atoms with Crippen LogP contribution in [0.15, 0.2) is 18.3 Å². The summed E-state index contributed by atoms with van der Waals surface area (Å²) < 4.78 is 0. The third kappa shape index (κ3) is 3.63. The number of aryl methyl sites for hydroxylation is 1. The molecule has 0 aromatic carbocycles. The Labute approximate surface area is 115 Å². The number of hydrogen-bond acceptors (Lipinski definition) is 3. The summed E-state index contributed by atoms with van der Waals surface area (Å²) in [5, 5.41) is 10.5. The second-order valence-corrected chi connectivity index (χ2v) is 5.56. The van der Waals surface area contributed by atoms with Crippen LogP contribution in [0.5, 0.6) is 0 Å². The van der Waals surface area contributed by atoms with Gasteiger partial charge in [-0.25, -0.2) is 0 Å². The van der Waals surface area contributed by atoms with Crippen molar-refractivity contribution < 1.29 is 9.90 Å². The first-order chi connectivity index (χ1) is 9.14. The van der Waals surface area contributed by atoms with Gasteiger partial charge in [0.05, 0.1) is 6.42 Å². The maximum Gasteiger partial charge on any atom is 0.170 e. The maximum absolute atomic E-state index is 12.3. The molecule has 1 aliphatic carbocycles. The van der Waals surface area contributed by atoms with Gasteiger partial charge in [0.2, 0.25) is 0 Å². The number of carbonyl (C=O) groups is 1. The van der Waals surface area contributed by atoms with Crippen LogP contribution in [0.4, 0.5) is 0 Å². The van der Waals surface area contributed by atoms with Crippen LogP contribution in [0.25, 0.3) is 0 Å². The zero-order chi connectivity index (χ0) is 13.7. The molecule has 1 heterocycles. The van der Waals surface area contributed by atoms with Crippen LogP contribution in [0, 0.1) is 0 Å². The van der Waals surface area contributed by atoms with Crippen molar-refractivity contribution in [3.8, 4) is 0 Å². The summed E-state index contributed by atoms with van der Waals surface area (Å²) in [5.74, 6) is -0.0638. The van der Waals surface area contributed by atoms with Crippen molar-refractivity contribution in [1.82, 2.24) is 4.98 Å². The smallest absolute Gasteiger partial charge is 0.170 e. The molecule has 0 bridgehead atoms. The largest absolute Gasteiger partial charge is 0.382 e. The van der Waals surface area contributed by atoms with E-state index in [4.69, 9.17) is 0 Å². The summed E-state index contributed by atoms with van der Waals surface area (Å²) in [6.45, 7) is 2.08. The predicted molar refractivity (Wildman–Crippen MR) is 75.0 cm³/mol. The van der Waals surface area contributed by atoms with Gasteiger partial charge in [-0.05, 0) is 30.9 Å². The molecular formula is C16H23NO2. The number of carbonyl (C=O) groups excluding carboxylic acids is 1. The highest BCUT2D eigenvalue weighted by molar-refractivity contribution is 5.88. The van der Waals surface area contributed by atoms with Gasteiger partial charge < -0.3 is 5.11 Å². The molecule has 0 atom stereocenters. The fraction of sp³-hybridized carbons (Fsp3) is 0.625. The van der Waals surface area contributed by atoms with Gasteiger partial charge in [-0.15, -0.1) is 0 Å². The highest BCUT2D eigenvalue weighted by Crippen LogP contribution is 2.28.